The van der Waals surface area contributed by atoms with Gasteiger partial charge in [0.15, 0.2) is 0 Å². The molecule has 0 saturated carbocycles. The molecule has 5 nitrogen and oxygen atoms in total. The average molecular weight is 468 g/mol. The number of rotatable bonds is 3. The van der Waals surface area contributed by atoms with Gasteiger partial charge in [-0.25, -0.2) is 5.01 Å². The van der Waals surface area contributed by atoms with Crippen molar-refractivity contribution in [3.05, 3.63) is 91.5 Å². The highest BCUT2D eigenvalue weighted by atomic mass is 35.5. The minimum atomic E-state index is 0.517. The number of hydrogen-bond donors (Lipinski definition) is 0. The molecule has 0 N–H and O–H groups in total. The topological polar surface area (TPSA) is 46.3 Å². The normalized spacial score (nSPS) is 12.9. The van der Waals surface area contributed by atoms with Gasteiger partial charge in [0.25, 0.3) is 5.95 Å². The second-order valence-corrected chi connectivity index (χ2v) is 9.57. The first-order valence-corrected chi connectivity index (χ1v) is 11.4. The fraction of sp³-hybridized carbons (Fsp3) is 0.174. The summed E-state index contributed by atoms with van der Waals surface area (Å²) in [6.45, 7) is 6.76. The van der Waals surface area contributed by atoms with Crippen LogP contribution in [0.25, 0.3) is 5.00 Å². The van der Waals surface area contributed by atoms with Gasteiger partial charge in [-0.3, -0.25) is 4.57 Å². The zero-order chi connectivity index (χ0) is 21.7. The average Bonchev–Trinajstić information content (AvgIpc) is 3.21. The Bertz CT molecular complexity index is 1320. The smallest absolute Gasteiger partial charge is 0.253 e. The Balaban J connectivity index is 1.75. The molecule has 8 heteroatoms. The lowest BCUT2D eigenvalue weighted by Gasteiger charge is -2.18. The lowest BCUT2D eigenvalue weighted by Crippen LogP contribution is -2.20. The van der Waals surface area contributed by atoms with Crippen LogP contribution < -0.4 is 5.01 Å². The van der Waals surface area contributed by atoms with E-state index < -0.39 is 0 Å². The molecular formula is C23H19Cl2N5S. The second kappa shape index (κ2) is 7.79. The Hall–Kier alpha value is -2.67. The summed E-state index contributed by atoms with van der Waals surface area (Å²) in [5, 5.41) is 18.3. The van der Waals surface area contributed by atoms with E-state index in [-0.39, 0.29) is 0 Å². The number of nitrogens with zero attached hydrogens (tertiary/aromatic N) is 5. The molecule has 0 fully saturated rings. The third kappa shape index (κ3) is 3.55. The maximum absolute atomic E-state index is 6.23. The van der Waals surface area contributed by atoms with Gasteiger partial charge >= 0.3 is 0 Å². The zero-order valence-corrected chi connectivity index (χ0v) is 19.6. The number of hydrazone groups is 1. The van der Waals surface area contributed by atoms with E-state index in [0.717, 1.165) is 33.2 Å². The minimum absolute atomic E-state index is 0.517. The van der Waals surface area contributed by atoms with Crippen LogP contribution in [0.4, 0.5) is 5.95 Å². The highest BCUT2D eigenvalue weighted by Gasteiger charge is 2.30. The summed E-state index contributed by atoms with van der Waals surface area (Å²) >= 11 is 14.1. The Morgan fingerprint density at radius 3 is 2.45 bits per heavy atom. The number of fused-ring (bicyclic) bond motifs is 3. The second-order valence-electron chi connectivity index (χ2n) is 7.49. The van der Waals surface area contributed by atoms with E-state index in [1.807, 2.05) is 60.5 Å². The molecule has 1 aliphatic heterocycles. The first kappa shape index (κ1) is 20.2. The van der Waals surface area contributed by atoms with E-state index in [9.17, 15) is 0 Å². The molecule has 0 unspecified atom stereocenters. The Morgan fingerprint density at radius 2 is 1.71 bits per heavy atom. The SMILES string of the molecule is Cc1sc2c(c1C)C(c1ccc(Cl)cc1)=NN(Cc1cccc(Cl)c1)c1nnc(C)n1-2. The van der Waals surface area contributed by atoms with Crippen LogP contribution in [0, 0.1) is 20.8 Å². The van der Waals surface area contributed by atoms with Crippen LogP contribution >= 0.6 is 34.5 Å². The molecular weight excluding hydrogens is 449 g/mol. The van der Waals surface area contributed by atoms with Gasteiger partial charge in [-0.2, -0.15) is 5.10 Å². The summed E-state index contributed by atoms with van der Waals surface area (Å²) in [7, 11) is 0. The summed E-state index contributed by atoms with van der Waals surface area (Å²) in [6, 6.07) is 15.6. The molecule has 2 aromatic carbocycles. The molecule has 4 aromatic rings. The summed E-state index contributed by atoms with van der Waals surface area (Å²) in [4.78, 5) is 1.24. The summed E-state index contributed by atoms with van der Waals surface area (Å²) in [6.07, 6.45) is 0. The largest absolute Gasteiger partial charge is 0.254 e. The standard InChI is InChI=1S/C23H19Cl2N5S/c1-13-14(2)31-22-20(13)21(17-7-9-18(24)10-8-17)28-29(23-27-26-15(3)30(22)23)12-16-5-4-6-19(25)11-16/h4-11H,12H2,1-3H3. The molecule has 156 valence electrons. The highest BCUT2D eigenvalue weighted by molar-refractivity contribution is 7.15. The Labute approximate surface area is 194 Å². The molecule has 31 heavy (non-hydrogen) atoms. The van der Waals surface area contributed by atoms with E-state index in [1.165, 1.54) is 10.4 Å². The monoisotopic (exact) mass is 467 g/mol. The fourth-order valence-corrected chi connectivity index (χ4v) is 5.28. The lowest BCUT2D eigenvalue weighted by atomic mass is 10.00. The maximum atomic E-state index is 6.23. The van der Waals surface area contributed by atoms with Crippen LogP contribution in [-0.2, 0) is 6.54 Å². The number of hydrogen-bond acceptors (Lipinski definition) is 5. The van der Waals surface area contributed by atoms with Crippen molar-refractivity contribution in [3.63, 3.8) is 0 Å². The molecule has 5 rings (SSSR count). The first-order valence-electron chi connectivity index (χ1n) is 9.81. The Kier molecular flexibility index (Phi) is 5.08. The van der Waals surface area contributed by atoms with Crippen LogP contribution in [0.3, 0.4) is 0 Å². The predicted molar refractivity (Wildman–Crippen MR) is 128 cm³/mol. The molecule has 3 heterocycles. The van der Waals surface area contributed by atoms with Gasteiger partial charge in [-0.05, 0) is 56.2 Å². The van der Waals surface area contributed by atoms with E-state index >= 15 is 0 Å². The number of halogens is 2. The molecule has 0 amide bonds. The van der Waals surface area contributed by atoms with Crippen molar-refractivity contribution in [1.29, 1.82) is 0 Å². The van der Waals surface area contributed by atoms with Crippen molar-refractivity contribution in [1.82, 2.24) is 14.8 Å². The Morgan fingerprint density at radius 1 is 0.935 bits per heavy atom. The molecule has 0 atom stereocenters. The summed E-state index contributed by atoms with van der Waals surface area (Å²) in [5.74, 6) is 1.50. The van der Waals surface area contributed by atoms with E-state index in [2.05, 4.69) is 28.6 Å². The van der Waals surface area contributed by atoms with Crippen LogP contribution in [0.5, 0.6) is 0 Å². The van der Waals surface area contributed by atoms with E-state index in [4.69, 9.17) is 28.3 Å². The number of anilines is 1. The zero-order valence-electron chi connectivity index (χ0n) is 17.2. The summed E-state index contributed by atoms with van der Waals surface area (Å²) in [5.41, 5.74) is 5.23. The van der Waals surface area contributed by atoms with Crippen molar-refractivity contribution < 1.29 is 0 Å². The number of benzene rings is 2. The highest BCUT2D eigenvalue weighted by Crippen LogP contribution is 2.38. The van der Waals surface area contributed by atoms with Gasteiger partial charge in [0.2, 0.25) is 0 Å². The fourth-order valence-electron chi connectivity index (χ4n) is 3.74. The third-order valence-electron chi connectivity index (χ3n) is 5.40. The van der Waals surface area contributed by atoms with Crippen molar-refractivity contribution in [2.24, 2.45) is 5.10 Å². The van der Waals surface area contributed by atoms with Gasteiger partial charge in [0.05, 0.1) is 6.54 Å². The van der Waals surface area contributed by atoms with Gasteiger partial charge in [-0.15, -0.1) is 21.5 Å². The maximum Gasteiger partial charge on any atom is 0.253 e. The number of aryl methyl sites for hydroxylation is 2. The van der Waals surface area contributed by atoms with E-state index in [0.29, 0.717) is 22.5 Å². The predicted octanol–water partition coefficient (Wildman–Crippen LogP) is 6.33. The number of thiophene rings is 1. The van der Waals surface area contributed by atoms with Gasteiger partial charge in [0.1, 0.15) is 16.5 Å². The quantitative estimate of drug-likeness (QED) is 0.353. The molecule has 0 bridgehead atoms. The molecule has 0 radical (unpaired) electrons. The van der Waals surface area contributed by atoms with Crippen molar-refractivity contribution in [2.75, 3.05) is 5.01 Å². The molecule has 0 aliphatic carbocycles. The molecule has 0 spiro atoms. The third-order valence-corrected chi connectivity index (χ3v) is 7.08. The molecule has 1 aliphatic rings. The van der Waals surface area contributed by atoms with Gasteiger partial charge in [-0.1, -0.05) is 47.5 Å². The number of aromatic nitrogens is 3. The van der Waals surface area contributed by atoms with Crippen molar-refractivity contribution >= 4 is 46.2 Å². The van der Waals surface area contributed by atoms with Crippen LogP contribution in [0.1, 0.15) is 33.0 Å². The van der Waals surface area contributed by atoms with Crippen molar-refractivity contribution in [3.8, 4) is 5.00 Å². The van der Waals surface area contributed by atoms with Crippen molar-refractivity contribution in [2.45, 2.75) is 27.3 Å². The minimum Gasteiger partial charge on any atom is -0.254 e. The molecule has 0 saturated heterocycles. The summed E-state index contributed by atoms with van der Waals surface area (Å²) < 4.78 is 2.09. The van der Waals surface area contributed by atoms with Gasteiger partial charge < -0.3 is 0 Å². The van der Waals surface area contributed by atoms with Gasteiger partial charge in [0, 0.05) is 26.0 Å². The molecule has 2 aromatic heterocycles. The van der Waals surface area contributed by atoms with Crippen LogP contribution in [0.15, 0.2) is 53.6 Å². The van der Waals surface area contributed by atoms with E-state index in [1.54, 1.807) is 11.3 Å². The first-order chi connectivity index (χ1) is 14.9. The van der Waals surface area contributed by atoms with Crippen LogP contribution in [0.2, 0.25) is 10.0 Å². The lowest BCUT2D eigenvalue weighted by molar-refractivity contribution is 0.798. The van der Waals surface area contributed by atoms with Crippen LogP contribution in [-0.4, -0.2) is 20.5 Å².